The van der Waals surface area contributed by atoms with Crippen molar-refractivity contribution in [2.75, 3.05) is 20.7 Å². The van der Waals surface area contributed by atoms with Crippen molar-refractivity contribution >= 4 is 47.8 Å². The van der Waals surface area contributed by atoms with Crippen molar-refractivity contribution in [2.45, 2.75) is 149 Å². The highest BCUT2D eigenvalue weighted by molar-refractivity contribution is 5.98. The van der Waals surface area contributed by atoms with Crippen LogP contribution in [0, 0.1) is 23.7 Å². The normalized spacial score (nSPS) is 26.4. The van der Waals surface area contributed by atoms with E-state index in [0.717, 1.165) is 0 Å². The molecule has 3 rings (SSSR count). The smallest absolute Gasteiger partial charge is 0.329 e. The van der Waals surface area contributed by atoms with E-state index in [-0.39, 0.29) is 31.1 Å². The molecule has 62 heavy (non-hydrogen) atoms. The van der Waals surface area contributed by atoms with Crippen LogP contribution in [0.3, 0.4) is 0 Å². The Labute approximate surface area is 366 Å². The summed E-state index contributed by atoms with van der Waals surface area (Å²) in [7, 11) is 2.94. The van der Waals surface area contributed by atoms with E-state index < -0.39 is 102 Å². The van der Waals surface area contributed by atoms with Crippen molar-refractivity contribution in [2.24, 2.45) is 23.7 Å². The van der Waals surface area contributed by atoms with Crippen LogP contribution in [0.25, 0.3) is 0 Å². The van der Waals surface area contributed by atoms with Crippen LogP contribution in [0.2, 0.25) is 0 Å². The van der Waals surface area contributed by atoms with Crippen molar-refractivity contribution in [3.05, 3.63) is 29.8 Å². The summed E-state index contributed by atoms with van der Waals surface area (Å²) in [6.45, 7) is 16.2. The molecule has 18 heteroatoms. The van der Waals surface area contributed by atoms with Gasteiger partial charge in [0.05, 0.1) is 7.11 Å². The fourth-order valence-corrected chi connectivity index (χ4v) is 7.76. The second-order valence-electron chi connectivity index (χ2n) is 17.4. The Bertz CT molecular complexity index is 1720. The van der Waals surface area contributed by atoms with Gasteiger partial charge in [0.2, 0.25) is 35.9 Å². The number of methoxy groups -OCH3 is 1. The number of hydrogen-bond donors (Lipinski definition) is 6. The number of fused-ring (bicyclic) bond motifs is 1. The molecule has 2 saturated heterocycles. The standard InChI is InChI=1S/C44H70N8O10/c1-12-26(7)34(45-23-53)40(56)50-36-28(9)62-44(60)37(25(5)6)51(10)42(58)32(21-24(3)4)48-39(55)33-15-14-20-46-52(33)43(59)35(27(8)13-2)49-38(54)31(47-41(36)57)22-29-16-18-30(61-11)19-17-29/h16-19,23-28,31-37,46H,12-15,20-22H2,1-11H3,(H,45,53)(H,47,57)(H,48,55)(H,49,54)(H,50,56)/t26-,27+,28-,31-,32+,33+,34+,35-,36+,37?/m1/s1. The molecule has 0 aliphatic carbocycles. The van der Waals surface area contributed by atoms with E-state index in [1.165, 1.54) is 31.0 Å². The first-order valence-electron chi connectivity index (χ1n) is 21.9. The molecule has 1 unspecified atom stereocenters. The number of hydrazine groups is 1. The lowest BCUT2D eigenvalue weighted by molar-refractivity contribution is -0.163. The molecule has 0 spiro atoms. The van der Waals surface area contributed by atoms with E-state index >= 15 is 0 Å². The fraction of sp³-hybridized carbons (Fsp3) is 0.682. The lowest BCUT2D eigenvalue weighted by Gasteiger charge is -2.39. The van der Waals surface area contributed by atoms with Gasteiger partial charge in [0, 0.05) is 20.0 Å². The number of esters is 1. The minimum absolute atomic E-state index is 0.0716. The predicted molar refractivity (Wildman–Crippen MR) is 231 cm³/mol. The molecule has 1 aromatic carbocycles. The van der Waals surface area contributed by atoms with Crippen LogP contribution in [0.1, 0.15) is 100.0 Å². The van der Waals surface area contributed by atoms with Crippen LogP contribution in [0.15, 0.2) is 24.3 Å². The molecule has 0 saturated carbocycles. The van der Waals surface area contributed by atoms with Crippen molar-refractivity contribution in [3.8, 4) is 5.75 Å². The Kier molecular flexibility index (Phi) is 19.6. The van der Waals surface area contributed by atoms with Crippen molar-refractivity contribution in [1.82, 2.24) is 41.9 Å². The maximum Gasteiger partial charge on any atom is 0.329 e. The maximum absolute atomic E-state index is 14.6. The second-order valence-corrected chi connectivity index (χ2v) is 17.4. The van der Waals surface area contributed by atoms with Crippen LogP contribution < -0.4 is 36.7 Å². The van der Waals surface area contributed by atoms with Gasteiger partial charge in [0.25, 0.3) is 5.91 Å². The number of benzene rings is 1. The van der Waals surface area contributed by atoms with Crippen molar-refractivity contribution in [1.29, 1.82) is 0 Å². The van der Waals surface area contributed by atoms with Gasteiger partial charge in [-0.25, -0.2) is 10.2 Å². The Morgan fingerprint density at radius 2 is 1.55 bits per heavy atom. The van der Waals surface area contributed by atoms with Crippen LogP contribution in [0.5, 0.6) is 5.75 Å². The summed E-state index contributed by atoms with van der Waals surface area (Å²) in [5.74, 6) is -5.85. The molecule has 346 valence electrons. The summed E-state index contributed by atoms with van der Waals surface area (Å²) < 4.78 is 11.3. The molecular formula is C44H70N8O10. The van der Waals surface area contributed by atoms with Gasteiger partial charge >= 0.3 is 5.97 Å². The minimum Gasteiger partial charge on any atom is -0.497 e. The number of nitrogens with one attached hydrogen (secondary N) is 6. The van der Waals surface area contributed by atoms with Crippen LogP contribution in [-0.2, 0) is 49.5 Å². The van der Waals surface area contributed by atoms with Crippen molar-refractivity contribution in [3.63, 3.8) is 0 Å². The molecule has 0 radical (unpaired) electrons. The third-order valence-electron chi connectivity index (χ3n) is 11.9. The number of nitrogens with zero attached hydrogens (tertiary/aromatic N) is 2. The van der Waals surface area contributed by atoms with E-state index in [4.69, 9.17) is 9.47 Å². The second kappa shape index (κ2) is 23.8. The van der Waals surface area contributed by atoms with Gasteiger partial charge in [-0.1, -0.05) is 80.4 Å². The highest BCUT2D eigenvalue weighted by Gasteiger charge is 2.43. The highest BCUT2D eigenvalue weighted by atomic mass is 16.5. The minimum atomic E-state index is -1.62. The molecule has 2 fully saturated rings. The Hall–Kier alpha value is -5.26. The van der Waals surface area contributed by atoms with Gasteiger partial charge in [-0.15, -0.1) is 0 Å². The molecule has 2 aliphatic heterocycles. The van der Waals surface area contributed by atoms with Gasteiger partial charge in [-0.3, -0.25) is 38.6 Å². The molecule has 2 aliphatic rings. The van der Waals surface area contributed by atoms with E-state index in [2.05, 4.69) is 32.0 Å². The molecule has 2 heterocycles. The monoisotopic (exact) mass is 871 g/mol. The quantitative estimate of drug-likeness (QED) is 0.115. The molecule has 1 aromatic rings. The van der Waals surface area contributed by atoms with Crippen LogP contribution in [-0.4, -0.2) is 127 Å². The average Bonchev–Trinajstić information content (AvgIpc) is 3.24. The van der Waals surface area contributed by atoms with Gasteiger partial charge < -0.3 is 41.0 Å². The molecule has 0 aromatic heterocycles. The van der Waals surface area contributed by atoms with Gasteiger partial charge in [-0.05, 0) is 67.6 Å². The van der Waals surface area contributed by atoms with Crippen molar-refractivity contribution < 1.29 is 47.8 Å². The Morgan fingerprint density at radius 3 is 2.11 bits per heavy atom. The molecule has 7 amide bonds. The van der Waals surface area contributed by atoms with Crippen LogP contribution >= 0.6 is 0 Å². The Balaban J connectivity index is 2.26. The number of carbonyl (C=O) groups is 8. The summed E-state index contributed by atoms with van der Waals surface area (Å²) in [4.78, 5) is 113. The largest absolute Gasteiger partial charge is 0.497 e. The SMILES string of the molecule is CC[C@@H](C)[C@H](NC=O)C(=O)N[C@@H]1C(=O)N[C@H](Cc2ccc(OC)cc2)C(=O)N[C@H]([C@@H](C)CC)C(=O)N2NCCC[C@H]2C(=O)N[C@@H](CC(C)C)C(=O)N(C)C(C(C)C)C(=O)O[C@@H]1C. The van der Waals surface area contributed by atoms with E-state index in [1.54, 1.807) is 52.0 Å². The maximum atomic E-state index is 14.6. The number of hydrogen-bond acceptors (Lipinski definition) is 11. The zero-order chi connectivity index (χ0) is 46.4. The average molecular weight is 871 g/mol. The molecule has 18 nitrogen and oxygen atoms in total. The predicted octanol–water partition coefficient (Wildman–Crippen LogP) is 1.35. The van der Waals surface area contributed by atoms with E-state index in [9.17, 15) is 38.4 Å². The first-order valence-corrected chi connectivity index (χ1v) is 21.9. The third-order valence-corrected chi connectivity index (χ3v) is 11.9. The number of rotatable bonds is 14. The third kappa shape index (κ3) is 13.4. The number of cyclic esters (lactones) is 1. The fourth-order valence-electron chi connectivity index (χ4n) is 7.76. The van der Waals surface area contributed by atoms with E-state index in [0.29, 0.717) is 43.5 Å². The first-order chi connectivity index (χ1) is 29.3. The molecule has 0 bridgehead atoms. The number of likely N-dealkylation sites (N-methyl/N-ethyl adjacent to an activating group) is 1. The summed E-state index contributed by atoms with van der Waals surface area (Å²) in [5, 5.41) is 14.9. The molecule has 10 atom stereocenters. The number of carbonyl (C=O) groups excluding carboxylic acids is 8. The summed E-state index contributed by atoms with van der Waals surface area (Å²) in [6, 6.07) is -1.75. The summed E-state index contributed by atoms with van der Waals surface area (Å²) in [6.07, 6.45) is 0.880. The van der Waals surface area contributed by atoms with E-state index in [1.807, 2.05) is 27.7 Å². The summed E-state index contributed by atoms with van der Waals surface area (Å²) in [5.41, 5.74) is 3.66. The van der Waals surface area contributed by atoms with Crippen LogP contribution in [0.4, 0.5) is 0 Å². The first kappa shape index (κ1) is 51.1. The van der Waals surface area contributed by atoms with Gasteiger partial charge in [-0.2, -0.15) is 0 Å². The number of ether oxygens (including phenoxy) is 2. The lowest BCUT2D eigenvalue weighted by atomic mass is 9.95. The number of amides is 7. The zero-order valence-electron chi connectivity index (χ0n) is 38.2. The highest BCUT2D eigenvalue weighted by Crippen LogP contribution is 2.22. The Morgan fingerprint density at radius 1 is 0.903 bits per heavy atom. The van der Waals surface area contributed by atoms with Gasteiger partial charge in [0.1, 0.15) is 54.1 Å². The molecular weight excluding hydrogens is 801 g/mol. The van der Waals surface area contributed by atoms with Gasteiger partial charge in [0.15, 0.2) is 0 Å². The zero-order valence-corrected chi connectivity index (χ0v) is 38.2. The summed E-state index contributed by atoms with van der Waals surface area (Å²) >= 11 is 0. The lowest BCUT2D eigenvalue weighted by Crippen LogP contribution is -2.66. The topological polar surface area (TPSA) is 234 Å². The molecule has 6 N–H and O–H groups in total.